The second-order valence-electron chi connectivity index (χ2n) is 25.2. The molecule has 4 N–H and O–H groups in total. The number of carbonyl (C=O) groups is 3. The summed E-state index contributed by atoms with van der Waals surface area (Å²) >= 11 is 0. The average Bonchev–Trinajstić information content (AvgIpc) is 0.850. The van der Waals surface area contributed by atoms with Gasteiger partial charge in [0.1, 0.15) is 25.5 Å². The van der Waals surface area contributed by atoms with Crippen LogP contribution in [0, 0.1) is 20.1 Å². The van der Waals surface area contributed by atoms with Crippen LogP contribution in [0.1, 0.15) is 66.2 Å². The molecule has 0 bridgehead atoms. The maximum absolute atomic E-state index is 12.8. The molecule has 3 saturated heterocycles. The summed E-state index contributed by atoms with van der Waals surface area (Å²) < 4.78 is 39.5. The van der Waals surface area contributed by atoms with Crippen molar-refractivity contribution in [1.82, 2.24) is 9.80 Å². The van der Waals surface area contributed by atoms with Crippen LogP contribution in [0.5, 0.6) is 34.5 Å². The molecule has 3 aliphatic rings. The zero-order valence-electron chi connectivity index (χ0n) is 59.4. The van der Waals surface area contributed by atoms with Crippen molar-refractivity contribution in [2.24, 2.45) is 0 Å². The summed E-state index contributed by atoms with van der Waals surface area (Å²) in [7, 11) is 10.7. The number of quaternary nitrogens is 1. The van der Waals surface area contributed by atoms with Crippen molar-refractivity contribution in [3.05, 3.63) is 262 Å². The zero-order chi connectivity index (χ0) is 71.7. The first-order chi connectivity index (χ1) is 49.7. The number of hydrogen-bond acceptors (Lipinski definition) is 14. The van der Waals surface area contributed by atoms with Crippen LogP contribution < -0.4 is 71.5 Å². The number of halogens is 1. The van der Waals surface area contributed by atoms with E-state index in [1.54, 1.807) is 107 Å². The Morgan fingerprint density at radius 3 is 1.14 bits per heavy atom. The highest BCUT2D eigenvalue weighted by Crippen LogP contribution is 2.33. The molecule has 3 fully saturated rings. The zero-order valence-corrected chi connectivity index (χ0v) is 60.1. The summed E-state index contributed by atoms with van der Waals surface area (Å²) in [5.41, 5.74) is 12.6. The molecule has 9 aromatic rings. The summed E-state index contributed by atoms with van der Waals surface area (Å²) in [5.74, 6) is 2.56. The number of nitrogens with one attached hydrogen (secondary N) is 4. The second-order valence-corrected chi connectivity index (χ2v) is 25.2. The van der Waals surface area contributed by atoms with Crippen molar-refractivity contribution in [2.75, 3.05) is 134 Å². The number of anilines is 5. The van der Waals surface area contributed by atoms with E-state index < -0.39 is 0 Å². The molecule has 20 nitrogen and oxygen atoms in total. The molecule has 0 atom stereocenters. The first-order valence-corrected chi connectivity index (χ1v) is 34.1. The lowest BCUT2D eigenvalue weighted by atomic mass is 10.1. The number of likely N-dealkylation sites (N-methyl/N-ethyl adjacent to an activating group) is 2. The number of benzene rings is 9. The van der Waals surface area contributed by atoms with E-state index in [0.717, 1.165) is 118 Å². The Morgan fingerprint density at radius 2 is 0.796 bits per heavy atom. The molecule has 3 heterocycles. The van der Waals surface area contributed by atoms with E-state index in [-0.39, 0.29) is 30.1 Å². The van der Waals surface area contributed by atoms with Gasteiger partial charge in [-0.05, 0) is 153 Å². The van der Waals surface area contributed by atoms with Gasteiger partial charge in [0.05, 0.1) is 53.7 Å². The minimum absolute atomic E-state index is 0. The van der Waals surface area contributed by atoms with Gasteiger partial charge in [-0.25, -0.2) is 9.69 Å². The number of nitrogens with zero attached hydrogens (tertiary/aromatic N) is 6. The Morgan fingerprint density at radius 1 is 0.437 bits per heavy atom. The molecule has 12 rings (SSSR count). The van der Waals surface area contributed by atoms with Crippen LogP contribution in [0.4, 0.5) is 45.5 Å². The second kappa shape index (κ2) is 38.1. The van der Waals surface area contributed by atoms with Crippen LogP contribution in [0.2, 0.25) is 0 Å². The third kappa shape index (κ3) is 22.0. The third-order valence-electron chi connectivity index (χ3n) is 18.1. The predicted octanol–water partition coefficient (Wildman–Crippen LogP) is 10.8. The molecule has 0 radical (unpaired) electrons. The van der Waals surface area contributed by atoms with Gasteiger partial charge in [0.25, 0.3) is 17.7 Å². The lowest BCUT2D eigenvalue weighted by Gasteiger charge is -2.34. The molecule has 0 unspecified atom stereocenters. The van der Waals surface area contributed by atoms with Crippen molar-refractivity contribution in [2.45, 2.75) is 45.7 Å². The predicted molar refractivity (Wildman–Crippen MR) is 402 cm³/mol. The summed E-state index contributed by atoms with van der Waals surface area (Å²) in [6, 6.07) is 62.1. The number of aryl methyl sites for hydroxylation is 1. The molecular weight excluding hydrogens is 1320 g/mol. The molecule has 0 aliphatic carbocycles. The minimum atomic E-state index is -0.217. The number of hydrogen-bond donors (Lipinski definition) is 4. The van der Waals surface area contributed by atoms with Gasteiger partial charge in [-0.3, -0.25) is 14.4 Å². The summed E-state index contributed by atoms with van der Waals surface area (Å²) in [4.78, 5) is 56.1. The number of ether oxygens (including phenoxy) is 7. The summed E-state index contributed by atoms with van der Waals surface area (Å²) in [6.07, 6.45) is 2.48. The van der Waals surface area contributed by atoms with E-state index in [2.05, 4.69) is 103 Å². The molecule has 0 spiro atoms. The highest BCUT2D eigenvalue weighted by Gasteiger charge is 2.24. The van der Waals surface area contributed by atoms with Crippen LogP contribution in [-0.2, 0) is 24.6 Å². The summed E-state index contributed by atoms with van der Waals surface area (Å²) in [6.45, 7) is 27.6. The number of methoxy groups -OCH3 is 4. The van der Waals surface area contributed by atoms with Gasteiger partial charge in [-0.2, -0.15) is 0 Å². The fourth-order valence-electron chi connectivity index (χ4n) is 11.9. The molecule has 3 amide bonds. The van der Waals surface area contributed by atoms with Gasteiger partial charge in [-0.15, -0.1) is 0 Å². The van der Waals surface area contributed by atoms with Crippen LogP contribution in [0.15, 0.2) is 200 Å². The number of rotatable bonds is 22. The van der Waals surface area contributed by atoms with E-state index in [4.69, 9.17) is 46.3 Å². The van der Waals surface area contributed by atoms with Crippen LogP contribution in [0.3, 0.4) is 0 Å². The average molecular weight is 1410 g/mol. The first kappa shape index (κ1) is 76.1. The summed E-state index contributed by atoms with van der Waals surface area (Å²) in [5, 5.41) is 8.87. The Bertz CT molecular complexity index is 4320. The molecule has 3 aliphatic heterocycles. The smallest absolute Gasteiger partial charge is 0.255 e. The van der Waals surface area contributed by atoms with Crippen molar-refractivity contribution in [1.29, 1.82) is 0 Å². The molecule has 534 valence electrons. The Kier molecular flexibility index (Phi) is 28.1. The number of piperazine rings is 2. The fraction of sp³-hybridized carbons (Fsp3) is 0.280. The highest BCUT2D eigenvalue weighted by molar-refractivity contribution is 6.06. The molecular formula is C82H89ClN10O10. The van der Waals surface area contributed by atoms with Crippen molar-refractivity contribution >= 4 is 63.2 Å². The Hall–Kier alpha value is -11.1. The minimum Gasteiger partial charge on any atom is -1.00 e. The van der Waals surface area contributed by atoms with E-state index in [1.165, 1.54) is 21.8 Å². The number of piperidine rings is 1. The van der Waals surface area contributed by atoms with E-state index >= 15 is 0 Å². The molecule has 0 saturated carbocycles. The molecule has 103 heavy (non-hydrogen) atoms. The van der Waals surface area contributed by atoms with Crippen LogP contribution in [0.25, 0.3) is 9.69 Å². The van der Waals surface area contributed by atoms with Crippen molar-refractivity contribution in [3.8, 4) is 34.5 Å². The maximum Gasteiger partial charge on any atom is 0.255 e. The lowest BCUT2D eigenvalue weighted by molar-refractivity contribution is -0.839. The topological polar surface area (TPSA) is 178 Å². The molecule has 9 aromatic carbocycles. The maximum atomic E-state index is 12.8. The van der Waals surface area contributed by atoms with E-state index in [1.807, 2.05) is 84.9 Å². The van der Waals surface area contributed by atoms with Gasteiger partial charge in [0.15, 0.2) is 45.9 Å². The number of carbonyl (C=O) groups excluding carboxylic acids is 3. The third-order valence-corrected chi connectivity index (χ3v) is 18.1. The van der Waals surface area contributed by atoms with Crippen molar-refractivity contribution < 1.29 is 64.8 Å². The SMILES string of the molecule is COc1cc(C(=O)Nc2ccc(N3CCN(C)CC3)cc2)ccc1OCc1cccc(C)c1.[C-]#[N+]c1ccc(COc2ccc(C(=O)Nc3ccc(N4CCN(C)CC4)cc3)cc2OC)cc1.[C-]#[N+]c1ccc(COc2ccc(C(=O)Nc3ccc([NH+]4CCC(OC)CC4)cc3)cc2OC)cc1.[Cl-]. The molecule has 0 aromatic heterocycles. The molecule has 21 heteroatoms. The lowest BCUT2D eigenvalue weighted by Crippen LogP contribution is -3.08. The van der Waals surface area contributed by atoms with Gasteiger partial charge in [-0.1, -0.05) is 78.4 Å². The van der Waals surface area contributed by atoms with Crippen LogP contribution >= 0.6 is 0 Å². The van der Waals surface area contributed by atoms with Crippen molar-refractivity contribution in [3.63, 3.8) is 0 Å². The van der Waals surface area contributed by atoms with Gasteiger partial charge in [0.2, 0.25) is 0 Å². The highest BCUT2D eigenvalue weighted by atomic mass is 35.5. The normalized spacial score (nSPS) is 14.9. The van der Waals surface area contributed by atoms with E-state index in [0.29, 0.717) is 88.5 Å². The fourth-order valence-corrected chi connectivity index (χ4v) is 11.9. The van der Waals surface area contributed by atoms with Gasteiger partial charge in [0, 0.05) is 130 Å². The number of amides is 3. The quantitative estimate of drug-likeness (QED) is 0.0471. The van der Waals surface area contributed by atoms with Gasteiger partial charge < -0.3 is 86.0 Å². The first-order valence-electron chi connectivity index (χ1n) is 34.1. The standard InChI is InChI=1S/C28H29N3O4.C27H28N4O3.C27H31N3O3.ClH/c1-29-22-7-4-20(5-8-22)19-35-26-13-6-21(18-27(26)34-3)28(32)30-23-9-11-24(12-10-23)31-16-14-25(33-2)15-17-31;1-28-22-7-4-20(5-8-22)19-34-25-13-6-21(18-26(25)33-3)27(32)29-23-9-11-24(12-10-23)31-16-14-30(2)15-17-31;1-20-5-4-6-21(17-20)19-33-25-12-7-22(18-26(25)32-3)27(31)28-23-8-10-24(11-9-23)30-15-13-29(2)14-16-30;/h4-13,18,25H,14-17,19H2,2-3H3,(H,30,32);4-13,18H,14-17,19H2,2-3H3,(H,29,32);4-12,17-18H,13-16,19H2,1-3H3,(H,28,31);1H. The monoisotopic (exact) mass is 1410 g/mol. The van der Waals surface area contributed by atoms with Crippen LogP contribution in [-0.4, -0.2) is 142 Å². The largest absolute Gasteiger partial charge is 1.00 e. The van der Waals surface area contributed by atoms with Gasteiger partial charge >= 0.3 is 0 Å². The Balaban J connectivity index is 0.000000179. The Labute approximate surface area is 610 Å². The van der Waals surface area contributed by atoms with E-state index in [9.17, 15) is 14.4 Å².